The third-order valence-electron chi connectivity index (χ3n) is 2.81. The van der Waals surface area contributed by atoms with Crippen LogP contribution in [0.4, 0.5) is 10.2 Å². The summed E-state index contributed by atoms with van der Waals surface area (Å²) in [5.41, 5.74) is 7.21. The zero-order chi connectivity index (χ0) is 14.8. The lowest BCUT2D eigenvalue weighted by Gasteiger charge is -2.09. The van der Waals surface area contributed by atoms with Crippen molar-refractivity contribution in [2.45, 2.75) is 18.4 Å². The minimum atomic E-state index is -3.75. The highest BCUT2D eigenvalue weighted by Crippen LogP contribution is 2.18. The molecule has 7 heteroatoms. The van der Waals surface area contributed by atoms with Crippen LogP contribution < -0.4 is 10.5 Å². The van der Waals surface area contributed by atoms with Gasteiger partial charge in [0.15, 0.2) is 0 Å². The number of rotatable bonds is 4. The molecule has 1 aromatic carbocycles. The van der Waals surface area contributed by atoms with Crippen LogP contribution in [-0.4, -0.2) is 13.4 Å². The Balaban J connectivity index is 2.30. The molecule has 20 heavy (non-hydrogen) atoms. The van der Waals surface area contributed by atoms with Gasteiger partial charge >= 0.3 is 0 Å². The van der Waals surface area contributed by atoms with Crippen molar-refractivity contribution in [1.82, 2.24) is 4.98 Å². The van der Waals surface area contributed by atoms with Crippen LogP contribution in [0.1, 0.15) is 11.1 Å². The van der Waals surface area contributed by atoms with Crippen LogP contribution >= 0.6 is 0 Å². The molecule has 0 aliphatic carbocycles. The number of nitrogens with zero attached hydrogens (tertiary/aromatic N) is 1. The highest BCUT2D eigenvalue weighted by Gasteiger charge is 2.15. The van der Waals surface area contributed by atoms with Crippen molar-refractivity contribution >= 4 is 15.8 Å². The van der Waals surface area contributed by atoms with Gasteiger partial charge in [-0.1, -0.05) is 6.07 Å². The minimum Gasteiger partial charge on any atom is -0.326 e. The lowest BCUT2D eigenvalue weighted by molar-refractivity contribution is 0.600. The fourth-order valence-corrected chi connectivity index (χ4v) is 2.79. The topological polar surface area (TPSA) is 85.1 Å². The summed E-state index contributed by atoms with van der Waals surface area (Å²) in [6, 6.07) is 7.07. The van der Waals surface area contributed by atoms with Crippen LogP contribution in [-0.2, 0) is 16.6 Å². The highest BCUT2D eigenvalue weighted by molar-refractivity contribution is 7.92. The maximum Gasteiger partial charge on any atom is 0.263 e. The molecule has 1 heterocycles. The van der Waals surface area contributed by atoms with E-state index in [0.29, 0.717) is 6.54 Å². The second-order valence-corrected chi connectivity index (χ2v) is 5.94. The van der Waals surface area contributed by atoms with E-state index < -0.39 is 15.8 Å². The predicted molar refractivity (Wildman–Crippen MR) is 74.1 cm³/mol. The normalized spacial score (nSPS) is 11.3. The molecule has 0 aliphatic rings. The summed E-state index contributed by atoms with van der Waals surface area (Å²) >= 11 is 0. The van der Waals surface area contributed by atoms with Crippen LogP contribution in [0.2, 0.25) is 0 Å². The maximum absolute atomic E-state index is 12.7. The van der Waals surface area contributed by atoms with Crippen LogP contribution in [0.15, 0.2) is 41.4 Å². The van der Waals surface area contributed by atoms with E-state index >= 15 is 0 Å². The molecule has 5 nitrogen and oxygen atoms in total. The molecule has 1 aromatic heterocycles. The van der Waals surface area contributed by atoms with E-state index in [2.05, 4.69) is 9.71 Å². The molecule has 0 aliphatic heterocycles. The van der Waals surface area contributed by atoms with Crippen molar-refractivity contribution < 1.29 is 12.8 Å². The van der Waals surface area contributed by atoms with Gasteiger partial charge < -0.3 is 5.73 Å². The molecule has 2 aromatic rings. The van der Waals surface area contributed by atoms with Crippen molar-refractivity contribution in [2.24, 2.45) is 5.73 Å². The first-order valence-electron chi connectivity index (χ1n) is 5.86. The number of benzene rings is 1. The molecular weight excluding hydrogens is 281 g/mol. The number of anilines is 1. The lowest BCUT2D eigenvalue weighted by atomic mass is 10.1. The second-order valence-electron chi connectivity index (χ2n) is 4.26. The van der Waals surface area contributed by atoms with E-state index in [9.17, 15) is 12.8 Å². The number of nitrogens with two attached hydrogens (primary N) is 1. The third kappa shape index (κ3) is 3.12. The van der Waals surface area contributed by atoms with Gasteiger partial charge in [0.2, 0.25) is 0 Å². The number of hydrogen-bond donors (Lipinski definition) is 2. The van der Waals surface area contributed by atoms with E-state index in [4.69, 9.17) is 5.73 Å². The molecule has 0 amide bonds. The molecule has 0 bridgehead atoms. The number of aromatic nitrogens is 1. The van der Waals surface area contributed by atoms with Crippen molar-refractivity contribution in [2.75, 3.05) is 4.72 Å². The summed E-state index contributed by atoms with van der Waals surface area (Å²) in [6.45, 7) is 2.14. The average Bonchev–Trinajstić information content (AvgIpc) is 2.41. The molecule has 0 saturated carbocycles. The molecule has 0 radical (unpaired) electrons. The van der Waals surface area contributed by atoms with Crippen molar-refractivity contribution in [3.8, 4) is 0 Å². The lowest BCUT2D eigenvalue weighted by Crippen LogP contribution is -2.14. The largest absolute Gasteiger partial charge is 0.326 e. The van der Waals surface area contributed by atoms with E-state index in [1.54, 1.807) is 13.0 Å². The molecule has 106 valence electrons. The molecule has 0 spiro atoms. The zero-order valence-corrected chi connectivity index (χ0v) is 11.6. The predicted octanol–water partition coefficient (Wildman–Crippen LogP) is 1.79. The Morgan fingerprint density at radius 3 is 2.60 bits per heavy atom. The van der Waals surface area contributed by atoms with Crippen molar-refractivity contribution in [3.63, 3.8) is 0 Å². The molecule has 0 fully saturated rings. The Hall–Kier alpha value is -1.99. The van der Waals surface area contributed by atoms with Crippen molar-refractivity contribution in [1.29, 1.82) is 0 Å². The van der Waals surface area contributed by atoms with Gasteiger partial charge in [-0.2, -0.15) is 0 Å². The van der Waals surface area contributed by atoms with Crippen LogP contribution in [0.25, 0.3) is 0 Å². The van der Waals surface area contributed by atoms with Crippen molar-refractivity contribution in [3.05, 3.63) is 53.5 Å². The molecule has 2 rings (SSSR count). The van der Waals surface area contributed by atoms with Gasteiger partial charge in [-0.3, -0.25) is 4.72 Å². The zero-order valence-electron chi connectivity index (χ0n) is 10.8. The standard InChI is InChI=1S/C13H14FN3O2S/c1-9-6-12(4-2-10(9)7-15)20(18,19)17-13-5-3-11(14)8-16-13/h2-6,8H,7,15H2,1H3,(H,16,17). The van der Waals surface area contributed by atoms with E-state index in [1.807, 2.05) is 0 Å². The Morgan fingerprint density at radius 1 is 1.30 bits per heavy atom. The van der Waals surface area contributed by atoms with E-state index in [0.717, 1.165) is 23.4 Å². The first kappa shape index (κ1) is 14.4. The Labute approximate surface area is 116 Å². The Kier molecular flexibility index (Phi) is 4.01. The fraction of sp³-hybridized carbons (Fsp3) is 0.154. The first-order chi connectivity index (χ1) is 9.42. The summed E-state index contributed by atoms with van der Waals surface area (Å²) in [4.78, 5) is 3.77. The maximum atomic E-state index is 12.7. The summed E-state index contributed by atoms with van der Waals surface area (Å²) in [6.07, 6.45) is 0.945. The minimum absolute atomic E-state index is 0.0620. The molecule has 0 saturated heterocycles. The van der Waals surface area contributed by atoms with Gasteiger partial charge in [-0.05, 0) is 42.3 Å². The first-order valence-corrected chi connectivity index (χ1v) is 7.34. The Bertz CT molecular complexity index is 715. The average molecular weight is 295 g/mol. The third-order valence-corrected chi connectivity index (χ3v) is 4.16. The summed E-state index contributed by atoms with van der Waals surface area (Å²) in [7, 11) is -3.75. The number of halogens is 1. The quantitative estimate of drug-likeness (QED) is 0.900. The number of sulfonamides is 1. The fourth-order valence-electron chi connectivity index (χ4n) is 1.70. The molecule has 0 unspecified atom stereocenters. The molecular formula is C13H14FN3O2S. The van der Waals surface area contributed by atoms with E-state index in [-0.39, 0.29) is 10.7 Å². The number of pyridine rings is 1. The number of hydrogen-bond acceptors (Lipinski definition) is 4. The number of nitrogens with one attached hydrogen (secondary N) is 1. The number of aryl methyl sites for hydroxylation is 1. The van der Waals surface area contributed by atoms with Gasteiger partial charge in [0, 0.05) is 6.54 Å². The van der Waals surface area contributed by atoms with Gasteiger partial charge in [0.1, 0.15) is 11.6 Å². The Morgan fingerprint density at radius 2 is 2.05 bits per heavy atom. The molecule has 3 N–H and O–H groups in total. The monoisotopic (exact) mass is 295 g/mol. The van der Waals surface area contributed by atoms with Gasteiger partial charge in [0.05, 0.1) is 11.1 Å². The van der Waals surface area contributed by atoms with Crippen LogP contribution in [0.3, 0.4) is 0 Å². The summed E-state index contributed by atoms with van der Waals surface area (Å²) < 4.78 is 39.3. The SMILES string of the molecule is Cc1cc(S(=O)(=O)Nc2ccc(F)cn2)ccc1CN. The van der Waals surface area contributed by atoms with Gasteiger partial charge in [-0.15, -0.1) is 0 Å². The van der Waals surface area contributed by atoms with Gasteiger partial charge in [-0.25, -0.2) is 17.8 Å². The second kappa shape index (κ2) is 5.56. The summed E-state index contributed by atoms with van der Waals surface area (Å²) in [5, 5.41) is 0. The van der Waals surface area contributed by atoms with Crippen LogP contribution in [0, 0.1) is 12.7 Å². The van der Waals surface area contributed by atoms with Gasteiger partial charge in [0.25, 0.3) is 10.0 Å². The smallest absolute Gasteiger partial charge is 0.263 e. The highest BCUT2D eigenvalue weighted by atomic mass is 32.2. The molecule has 0 atom stereocenters. The van der Waals surface area contributed by atoms with Crippen LogP contribution in [0.5, 0.6) is 0 Å². The summed E-state index contributed by atoms with van der Waals surface area (Å²) in [5.74, 6) is -0.469. The van der Waals surface area contributed by atoms with E-state index in [1.165, 1.54) is 18.2 Å².